The van der Waals surface area contributed by atoms with E-state index < -0.39 is 25.0 Å². The Morgan fingerprint density at radius 1 is 0.660 bits per heavy atom. The van der Waals surface area contributed by atoms with E-state index in [1.165, 1.54) is 0 Å². The lowest BCUT2D eigenvalue weighted by Gasteiger charge is -2.48. The molecule has 5 nitrogen and oxygen atoms in total. The Morgan fingerprint density at radius 2 is 1.09 bits per heavy atom. The van der Waals surface area contributed by atoms with E-state index in [2.05, 4.69) is 78.6 Å². The number of thioether (sulfide) groups is 1. The summed E-state index contributed by atoms with van der Waals surface area (Å²) in [7, 11) is 0. The second-order valence-electron chi connectivity index (χ2n) is 12.9. The molecule has 7 heteroatoms. The van der Waals surface area contributed by atoms with Gasteiger partial charge in [-0.15, -0.1) is 11.8 Å². The molecule has 0 N–H and O–H groups in total. The van der Waals surface area contributed by atoms with Crippen molar-refractivity contribution in [2.75, 3.05) is 5.75 Å². The average Bonchev–Trinajstić information content (AvgIpc) is 3.23. The molecule has 1 saturated heterocycles. The average molecular weight is 729 g/mol. The van der Waals surface area contributed by atoms with Gasteiger partial charge in [0.2, 0.25) is 0 Å². The monoisotopic (exact) mass is 728 g/mol. The number of carbonyl (C=O) groups excluding carboxylic acids is 2. The minimum Gasteiger partial charge on any atom is -0.448 e. The maximum Gasteiger partial charge on any atom is 0.356 e. The summed E-state index contributed by atoms with van der Waals surface area (Å²) in [6.07, 6.45) is 1.08. The van der Waals surface area contributed by atoms with Gasteiger partial charge in [0.25, 0.3) is 5.91 Å². The predicted octanol–water partition coefficient (Wildman–Crippen LogP) is 7.77. The van der Waals surface area contributed by atoms with Crippen molar-refractivity contribution < 1.29 is 14.3 Å². The van der Waals surface area contributed by atoms with Crippen molar-refractivity contribution in [1.29, 1.82) is 0 Å². The normalized spacial score (nSPS) is 17.0. The molecule has 1 fully saturated rings. The Labute approximate surface area is 314 Å². The van der Waals surface area contributed by atoms with Gasteiger partial charge >= 0.3 is 5.97 Å². The van der Waals surface area contributed by atoms with Crippen molar-refractivity contribution in [3.63, 3.8) is 0 Å². The first-order valence-corrected chi connectivity index (χ1v) is 20.5. The Hall–Kier alpha value is -5.68. The van der Waals surface area contributed by atoms with E-state index in [0.29, 0.717) is 5.75 Å². The van der Waals surface area contributed by atoms with Gasteiger partial charge in [-0.1, -0.05) is 182 Å². The third-order valence-corrected chi connectivity index (χ3v) is 14.9. The highest BCUT2D eigenvalue weighted by Gasteiger charge is 2.54. The van der Waals surface area contributed by atoms with Crippen LogP contribution in [0.15, 0.2) is 198 Å². The summed E-state index contributed by atoms with van der Waals surface area (Å²) in [4.78, 5) is 35.6. The molecule has 0 unspecified atom stereocenters. The topological polar surface area (TPSA) is 59.0 Å². The first kappa shape index (κ1) is 34.4. The Balaban J connectivity index is 1.32. The molecule has 0 aromatic heterocycles. The number of nitrogens with zero attached hydrogens (tertiary/aromatic N) is 2. The fourth-order valence-corrected chi connectivity index (χ4v) is 12.4. The Kier molecular flexibility index (Phi) is 10.1. The minimum atomic E-state index is -2.53. The van der Waals surface area contributed by atoms with Gasteiger partial charge in [0.1, 0.15) is 11.1 Å². The summed E-state index contributed by atoms with van der Waals surface area (Å²) in [6, 6.07) is 60.2. The number of amides is 1. The fraction of sp³-hybridized carbons (Fsp3) is 0.0870. The predicted molar refractivity (Wildman–Crippen MR) is 220 cm³/mol. The van der Waals surface area contributed by atoms with Gasteiger partial charge in [-0.3, -0.25) is 14.7 Å². The van der Waals surface area contributed by atoms with Crippen molar-refractivity contribution >= 4 is 58.4 Å². The molecule has 2 atom stereocenters. The van der Waals surface area contributed by atoms with Crippen LogP contribution in [-0.4, -0.2) is 46.0 Å². The van der Waals surface area contributed by atoms with Crippen LogP contribution in [0.4, 0.5) is 0 Å². The van der Waals surface area contributed by atoms with Crippen LogP contribution < -0.4 is 15.9 Å². The van der Waals surface area contributed by atoms with E-state index in [0.717, 1.165) is 38.2 Å². The lowest BCUT2D eigenvalue weighted by atomic mass is 10.0. The first-order valence-electron chi connectivity index (χ1n) is 17.6. The molecule has 2 heterocycles. The number of hydrogen-bond acceptors (Lipinski definition) is 5. The van der Waals surface area contributed by atoms with Crippen LogP contribution in [-0.2, 0) is 14.3 Å². The number of benzene rings is 6. The molecule has 6 aromatic carbocycles. The van der Waals surface area contributed by atoms with E-state index in [1.807, 2.05) is 109 Å². The van der Waals surface area contributed by atoms with Crippen molar-refractivity contribution in [2.24, 2.45) is 4.99 Å². The molecular formula is C46H37N2O3PS. The number of rotatable bonds is 10. The number of hydrogen-bond donors (Lipinski definition) is 0. The maximum absolute atomic E-state index is 15.0. The van der Waals surface area contributed by atoms with E-state index in [1.54, 1.807) is 22.9 Å². The number of fused-ring (bicyclic) bond motifs is 1. The highest BCUT2D eigenvalue weighted by molar-refractivity contribution is 8.00. The molecule has 2 aliphatic rings. The van der Waals surface area contributed by atoms with Crippen molar-refractivity contribution in [3.8, 4) is 0 Å². The molecule has 260 valence electrons. The van der Waals surface area contributed by atoms with Crippen molar-refractivity contribution in [3.05, 3.63) is 210 Å². The van der Waals surface area contributed by atoms with Gasteiger partial charge in [-0.25, -0.2) is 4.79 Å². The van der Waals surface area contributed by atoms with Crippen molar-refractivity contribution in [2.45, 2.75) is 17.5 Å². The van der Waals surface area contributed by atoms with Crippen LogP contribution in [0.1, 0.15) is 22.8 Å². The highest BCUT2D eigenvalue weighted by Crippen LogP contribution is 2.48. The summed E-state index contributed by atoms with van der Waals surface area (Å²) in [5.74, 6) is 2.05. The molecule has 0 bridgehead atoms. The second kappa shape index (κ2) is 15.5. The number of β-lactam (4-membered cyclic amide) rings is 1. The van der Waals surface area contributed by atoms with Crippen LogP contribution in [0.2, 0.25) is 0 Å². The smallest absolute Gasteiger partial charge is 0.356 e. The van der Waals surface area contributed by atoms with E-state index in [4.69, 9.17) is 9.73 Å². The molecular weight excluding hydrogens is 692 g/mol. The van der Waals surface area contributed by atoms with Crippen LogP contribution in [0, 0.1) is 0 Å². The standard InChI is InChI=1S/C46H37N2O3PS/c49-44-41(47-31-34-19-7-1-8-20-34)45-48(44)42(46(50)51-43(35-21-9-2-10-22-35)36-23-11-3-12-24-36)37(33-53-45)32-52(38-25-13-4-14-26-38,39-27-15-5-16-28-39)40-29-17-6-18-30-40/h1-32,41,43,45H,33H2/t41-,45-/m1/s1. The summed E-state index contributed by atoms with van der Waals surface area (Å²) in [5.41, 5.74) is 3.68. The number of ether oxygens (including phenoxy) is 1. The number of aliphatic imine (C=N–C) groups is 1. The summed E-state index contributed by atoms with van der Waals surface area (Å²) in [6.45, 7) is -2.53. The molecule has 0 radical (unpaired) electrons. The summed E-state index contributed by atoms with van der Waals surface area (Å²) in [5, 5.41) is 3.11. The maximum atomic E-state index is 15.0. The first-order chi connectivity index (χ1) is 26.1. The molecule has 0 saturated carbocycles. The largest absolute Gasteiger partial charge is 0.448 e. The molecule has 1 amide bonds. The van der Waals surface area contributed by atoms with Crippen LogP contribution >= 0.6 is 18.6 Å². The van der Waals surface area contributed by atoms with Crippen molar-refractivity contribution in [1.82, 2.24) is 4.90 Å². The van der Waals surface area contributed by atoms with Gasteiger partial charge < -0.3 is 4.74 Å². The Bertz CT molecular complexity index is 2180. The van der Waals surface area contributed by atoms with E-state index in [-0.39, 0.29) is 17.0 Å². The molecule has 0 aliphatic carbocycles. The third kappa shape index (κ3) is 6.84. The van der Waals surface area contributed by atoms with Gasteiger partial charge in [-0.05, 0) is 50.9 Å². The molecule has 53 heavy (non-hydrogen) atoms. The number of esters is 1. The second-order valence-corrected chi connectivity index (χ2v) is 17.2. The van der Waals surface area contributed by atoms with Gasteiger partial charge in [0, 0.05) is 12.0 Å². The Morgan fingerprint density at radius 3 is 1.57 bits per heavy atom. The number of carbonyl (C=O) groups is 2. The van der Waals surface area contributed by atoms with Crippen LogP contribution in [0.3, 0.4) is 0 Å². The van der Waals surface area contributed by atoms with E-state index >= 15 is 0 Å². The zero-order chi connectivity index (χ0) is 36.0. The lowest BCUT2D eigenvalue weighted by molar-refractivity contribution is -0.152. The van der Waals surface area contributed by atoms with Gasteiger partial charge in [0.15, 0.2) is 12.1 Å². The minimum absolute atomic E-state index is 0.216. The zero-order valence-electron chi connectivity index (χ0n) is 28.9. The zero-order valence-corrected chi connectivity index (χ0v) is 30.6. The van der Waals surface area contributed by atoms with Gasteiger partial charge in [-0.2, -0.15) is 0 Å². The molecule has 0 spiro atoms. The van der Waals surface area contributed by atoms with Crippen LogP contribution in [0.25, 0.3) is 0 Å². The molecule has 6 aromatic rings. The SMILES string of the molecule is O=C(OC(c1ccccc1)c1ccccc1)C1=C(C=P(c2ccccc2)(c2ccccc2)c2ccccc2)CS[C@@H]2[C@H](N=Cc3ccccc3)C(=O)N12. The third-order valence-electron chi connectivity index (χ3n) is 9.62. The van der Waals surface area contributed by atoms with E-state index in [9.17, 15) is 9.59 Å². The van der Waals surface area contributed by atoms with Crippen LogP contribution in [0.5, 0.6) is 0 Å². The molecule has 8 rings (SSSR count). The van der Waals surface area contributed by atoms with Gasteiger partial charge in [0.05, 0.1) is 0 Å². The fourth-order valence-electron chi connectivity index (χ4n) is 7.06. The quantitative estimate of drug-likeness (QED) is 0.0627. The summed E-state index contributed by atoms with van der Waals surface area (Å²) >= 11 is 1.64. The molecule has 2 aliphatic heterocycles. The lowest BCUT2D eigenvalue weighted by Crippen LogP contribution is -2.64. The highest BCUT2D eigenvalue weighted by atomic mass is 32.2. The summed E-state index contributed by atoms with van der Waals surface area (Å²) < 4.78 is 6.54.